The molecule has 0 aromatic heterocycles. The number of hydrogen-bond acceptors (Lipinski definition) is 0. The lowest BCUT2D eigenvalue weighted by Crippen LogP contribution is -2.30. The van der Waals surface area contributed by atoms with Crippen LogP contribution in [-0.2, 0) is 31.1 Å². The molecule has 0 aliphatic heterocycles. The van der Waals surface area contributed by atoms with E-state index in [0.717, 1.165) is 25.7 Å². The van der Waals surface area contributed by atoms with E-state index in [-0.39, 0.29) is 5.41 Å². The summed E-state index contributed by atoms with van der Waals surface area (Å²) in [5.74, 6) is 0. The topological polar surface area (TPSA) is 0 Å². The number of hydrogen-bond donors (Lipinski definition) is 0. The summed E-state index contributed by atoms with van der Waals surface area (Å²) >= 11 is 0. The Morgan fingerprint density at radius 2 is 0.886 bits per heavy atom. The van der Waals surface area contributed by atoms with Crippen LogP contribution in [0.1, 0.15) is 140 Å². The first-order valence-corrected chi connectivity index (χ1v) is 17.8. The molecule has 0 unspecified atom stereocenters. The molecule has 0 N–H and O–H groups in total. The molecule has 0 saturated carbocycles. The first-order valence-electron chi connectivity index (χ1n) is 17.8. The highest BCUT2D eigenvalue weighted by Gasteiger charge is 2.47. The molecule has 4 aromatic carbocycles. The number of benzene rings is 4. The molecule has 0 saturated heterocycles. The van der Waals surface area contributed by atoms with Crippen LogP contribution in [0, 0.1) is 20.8 Å². The van der Waals surface area contributed by atoms with E-state index in [1.54, 1.807) is 0 Å². The summed E-state index contributed by atoms with van der Waals surface area (Å²) in [6, 6.07) is 27.7. The summed E-state index contributed by atoms with van der Waals surface area (Å²) in [6.45, 7) is 16.2. The normalized spacial score (nSPS) is 13.2. The Morgan fingerprint density at radius 3 is 1.32 bits per heavy atom. The van der Waals surface area contributed by atoms with Crippen LogP contribution in [0.15, 0.2) is 66.7 Å². The fourth-order valence-electron chi connectivity index (χ4n) is 7.80. The van der Waals surface area contributed by atoms with Gasteiger partial charge in [-0.05, 0) is 133 Å². The van der Waals surface area contributed by atoms with Gasteiger partial charge in [0.1, 0.15) is 0 Å². The summed E-state index contributed by atoms with van der Waals surface area (Å²) in [5.41, 5.74) is 18.6. The summed E-state index contributed by atoms with van der Waals surface area (Å²) < 4.78 is 0. The number of fused-ring (bicyclic) bond motifs is 3. The van der Waals surface area contributed by atoms with Crippen LogP contribution >= 0.6 is 0 Å². The van der Waals surface area contributed by atoms with Crippen LogP contribution in [-0.4, -0.2) is 0 Å². The fraction of sp³-hybridized carbons (Fsp3) is 0.455. The maximum Gasteiger partial charge on any atom is 0.0714 e. The van der Waals surface area contributed by atoms with Crippen molar-refractivity contribution in [2.75, 3.05) is 0 Å². The largest absolute Gasteiger partial charge is 0.0714 e. The highest BCUT2D eigenvalue weighted by atomic mass is 14.5. The van der Waals surface area contributed by atoms with Crippen molar-refractivity contribution in [1.29, 1.82) is 0 Å². The van der Waals surface area contributed by atoms with E-state index in [2.05, 4.69) is 115 Å². The number of aryl methyl sites for hydroxylation is 7. The molecule has 0 bridgehead atoms. The van der Waals surface area contributed by atoms with Crippen molar-refractivity contribution < 1.29 is 0 Å². The van der Waals surface area contributed by atoms with E-state index in [4.69, 9.17) is 0 Å². The van der Waals surface area contributed by atoms with Gasteiger partial charge in [-0.25, -0.2) is 0 Å². The van der Waals surface area contributed by atoms with Crippen LogP contribution in [0.25, 0.3) is 11.1 Å². The molecule has 0 amide bonds. The van der Waals surface area contributed by atoms with E-state index in [1.165, 1.54) is 124 Å². The van der Waals surface area contributed by atoms with Crippen molar-refractivity contribution in [2.45, 2.75) is 131 Å². The van der Waals surface area contributed by atoms with Crippen LogP contribution < -0.4 is 0 Å². The summed E-state index contributed by atoms with van der Waals surface area (Å²) in [6.07, 6.45) is 14.5. The van der Waals surface area contributed by atoms with Crippen molar-refractivity contribution in [3.8, 4) is 11.1 Å². The second kappa shape index (κ2) is 14.3. The SMILES string of the molecule is CCCCc1cc(CCCC)cc(C2(c3cc(CCCC)cc(CCCC)c3)c3cc(C)ccc3-c3c(C)cc(C)cc32)c1. The van der Waals surface area contributed by atoms with Gasteiger partial charge in [0.2, 0.25) is 0 Å². The zero-order valence-electron chi connectivity index (χ0n) is 28.8. The molecule has 0 radical (unpaired) electrons. The molecular weight excluding hydrogens is 528 g/mol. The molecule has 1 aliphatic carbocycles. The highest BCUT2D eigenvalue weighted by Crippen LogP contribution is 2.58. The molecule has 5 rings (SSSR count). The van der Waals surface area contributed by atoms with Crippen molar-refractivity contribution in [3.05, 3.63) is 128 Å². The van der Waals surface area contributed by atoms with Gasteiger partial charge < -0.3 is 0 Å². The van der Waals surface area contributed by atoms with Gasteiger partial charge >= 0.3 is 0 Å². The molecule has 0 fully saturated rings. The third-order valence-electron chi connectivity index (χ3n) is 9.98. The van der Waals surface area contributed by atoms with Crippen molar-refractivity contribution >= 4 is 0 Å². The van der Waals surface area contributed by atoms with Crippen molar-refractivity contribution in [3.63, 3.8) is 0 Å². The average Bonchev–Trinajstić information content (AvgIpc) is 3.30. The standard InChI is InChI=1S/C44H56/c1-8-12-16-34-25-35(17-13-9-2)28-38(27-34)44(39-29-36(18-14-10-3)26-37(30-39)19-15-11-4)41-23-31(5)20-21-40(41)43-33(7)22-32(6)24-42(43)44/h20-30H,8-19H2,1-7H3. The Labute approximate surface area is 269 Å². The molecule has 0 atom stereocenters. The first-order chi connectivity index (χ1) is 21.3. The molecule has 0 spiro atoms. The van der Waals surface area contributed by atoms with Crippen molar-refractivity contribution in [1.82, 2.24) is 0 Å². The molecule has 4 aromatic rings. The van der Waals surface area contributed by atoms with E-state index in [9.17, 15) is 0 Å². The minimum Gasteiger partial charge on any atom is -0.0654 e. The Morgan fingerprint density at radius 1 is 0.455 bits per heavy atom. The van der Waals surface area contributed by atoms with Gasteiger partial charge in [0, 0.05) is 0 Å². The van der Waals surface area contributed by atoms with Crippen LogP contribution in [0.4, 0.5) is 0 Å². The van der Waals surface area contributed by atoms with E-state index >= 15 is 0 Å². The third kappa shape index (κ3) is 6.33. The molecule has 232 valence electrons. The van der Waals surface area contributed by atoms with E-state index in [1.807, 2.05) is 0 Å². The van der Waals surface area contributed by atoms with Gasteiger partial charge in [-0.1, -0.05) is 131 Å². The Balaban J connectivity index is 1.92. The van der Waals surface area contributed by atoms with Crippen molar-refractivity contribution in [2.24, 2.45) is 0 Å². The monoisotopic (exact) mass is 584 g/mol. The molecule has 0 heterocycles. The molecule has 1 aliphatic rings. The highest BCUT2D eigenvalue weighted by molar-refractivity contribution is 5.88. The lowest BCUT2D eigenvalue weighted by molar-refractivity contribution is 0.732. The van der Waals surface area contributed by atoms with E-state index in [0.29, 0.717) is 0 Å². The maximum atomic E-state index is 2.61. The molecular formula is C44H56. The summed E-state index contributed by atoms with van der Waals surface area (Å²) in [4.78, 5) is 0. The third-order valence-corrected chi connectivity index (χ3v) is 9.98. The maximum absolute atomic E-state index is 2.61. The molecule has 44 heavy (non-hydrogen) atoms. The second-order valence-corrected chi connectivity index (χ2v) is 13.8. The van der Waals surface area contributed by atoms with Gasteiger partial charge in [0.05, 0.1) is 5.41 Å². The number of unbranched alkanes of at least 4 members (excludes halogenated alkanes) is 4. The smallest absolute Gasteiger partial charge is 0.0654 e. The van der Waals surface area contributed by atoms with E-state index < -0.39 is 0 Å². The predicted octanol–water partition coefficient (Wildman–Crippen LogP) is 12.3. The quantitative estimate of drug-likeness (QED) is 0.122. The van der Waals surface area contributed by atoms with Gasteiger partial charge in [-0.15, -0.1) is 0 Å². The zero-order chi connectivity index (χ0) is 31.3. The molecule has 0 heteroatoms. The number of rotatable bonds is 14. The minimum absolute atomic E-state index is 0.333. The van der Waals surface area contributed by atoms with Gasteiger partial charge in [-0.3, -0.25) is 0 Å². The Kier molecular flexibility index (Phi) is 10.5. The predicted molar refractivity (Wildman–Crippen MR) is 192 cm³/mol. The summed E-state index contributed by atoms with van der Waals surface area (Å²) in [7, 11) is 0. The van der Waals surface area contributed by atoms with Crippen LogP contribution in [0.5, 0.6) is 0 Å². The summed E-state index contributed by atoms with van der Waals surface area (Å²) in [5, 5.41) is 0. The van der Waals surface area contributed by atoms with Crippen LogP contribution in [0.3, 0.4) is 0 Å². The fourth-order valence-corrected chi connectivity index (χ4v) is 7.80. The minimum atomic E-state index is -0.333. The lowest BCUT2D eigenvalue weighted by atomic mass is 9.66. The van der Waals surface area contributed by atoms with Gasteiger partial charge in [0.15, 0.2) is 0 Å². The van der Waals surface area contributed by atoms with Crippen LogP contribution in [0.2, 0.25) is 0 Å². The Bertz CT molecular complexity index is 1470. The van der Waals surface area contributed by atoms with Gasteiger partial charge in [-0.2, -0.15) is 0 Å². The second-order valence-electron chi connectivity index (χ2n) is 13.8. The Hall–Kier alpha value is -3.12. The average molecular weight is 585 g/mol. The molecule has 0 nitrogen and oxygen atoms in total. The zero-order valence-corrected chi connectivity index (χ0v) is 28.8. The lowest BCUT2D eigenvalue weighted by Gasteiger charge is -2.36. The van der Waals surface area contributed by atoms with Gasteiger partial charge in [0.25, 0.3) is 0 Å². The first kappa shape index (κ1) is 32.3.